The predicted molar refractivity (Wildman–Crippen MR) is 228 cm³/mol. The molecular formula is C54H38O4. The predicted octanol–water partition coefficient (Wildman–Crippen LogP) is 8.04. The second-order valence-corrected chi connectivity index (χ2v) is 13.6. The quantitative estimate of drug-likeness (QED) is 0.119. The topological polar surface area (TPSA) is 80.9 Å². The van der Waals surface area contributed by atoms with Crippen LogP contribution in [0.1, 0.15) is 44.5 Å². The number of aliphatic hydroxyl groups is 4. The minimum atomic E-state index is -1.81. The molecule has 0 bridgehead atoms. The highest BCUT2D eigenvalue weighted by Crippen LogP contribution is 2.34. The molecule has 7 aromatic rings. The third-order valence-corrected chi connectivity index (χ3v) is 9.97. The second kappa shape index (κ2) is 17.2. The Balaban J connectivity index is 1.27. The summed E-state index contributed by atoms with van der Waals surface area (Å²) in [6, 6.07) is 61.4. The number of hydrogen-bond donors (Lipinski definition) is 4. The first kappa shape index (κ1) is 38.9. The van der Waals surface area contributed by atoms with E-state index in [0.717, 1.165) is 0 Å². The summed E-state index contributed by atoms with van der Waals surface area (Å²) in [7, 11) is 0. The molecule has 0 saturated carbocycles. The van der Waals surface area contributed by atoms with E-state index in [4.69, 9.17) is 0 Å². The third kappa shape index (κ3) is 8.11. The zero-order chi connectivity index (χ0) is 40.3. The van der Waals surface area contributed by atoms with Gasteiger partial charge in [0.1, 0.15) is 0 Å². The number of rotatable bonds is 8. The van der Waals surface area contributed by atoms with Crippen molar-refractivity contribution in [1.82, 2.24) is 0 Å². The first-order valence-electron chi connectivity index (χ1n) is 18.7. The fraction of sp³-hybridized carbons (Fsp3) is 0.0741. The van der Waals surface area contributed by atoms with Gasteiger partial charge in [-0.3, -0.25) is 0 Å². The van der Waals surface area contributed by atoms with Crippen LogP contribution in [0.25, 0.3) is 0 Å². The molecule has 0 heterocycles. The lowest BCUT2D eigenvalue weighted by Crippen LogP contribution is -2.27. The molecule has 0 aliphatic carbocycles. The van der Waals surface area contributed by atoms with Crippen LogP contribution >= 0.6 is 0 Å². The van der Waals surface area contributed by atoms with E-state index in [2.05, 4.69) is 47.4 Å². The molecule has 4 N–H and O–H groups in total. The van der Waals surface area contributed by atoms with Crippen LogP contribution in [-0.2, 0) is 22.4 Å². The van der Waals surface area contributed by atoms with Crippen LogP contribution in [0.3, 0.4) is 0 Å². The van der Waals surface area contributed by atoms with Crippen molar-refractivity contribution in [3.05, 3.63) is 251 Å². The molecule has 58 heavy (non-hydrogen) atoms. The van der Waals surface area contributed by atoms with Crippen molar-refractivity contribution in [3.63, 3.8) is 0 Å². The first-order valence-corrected chi connectivity index (χ1v) is 18.7. The second-order valence-electron chi connectivity index (χ2n) is 13.6. The molecule has 0 spiro atoms. The van der Waals surface area contributed by atoms with Gasteiger partial charge in [0.05, 0.1) is 0 Å². The molecule has 2 unspecified atom stereocenters. The Labute approximate surface area is 339 Å². The summed E-state index contributed by atoms with van der Waals surface area (Å²) < 4.78 is 0. The van der Waals surface area contributed by atoms with Gasteiger partial charge in [0.15, 0.2) is 22.4 Å². The SMILES string of the molecule is OC(C#CC#CC(O)(c1ccccc1)c1ccc(C(O)(C#CC#CC(O)(c2ccccc2)c2ccccc2)c2ccccc2)cc1)(c1ccccc1)c1ccccc1. The maximum absolute atomic E-state index is 12.3. The Hall–Kier alpha value is -7.38. The summed E-state index contributed by atoms with van der Waals surface area (Å²) in [6.45, 7) is 0. The molecule has 0 aromatic heterocycles. The zero-order valence-corrected chi connectivity index (χ0v) is 31.4. The van der Waals surface area contributed by atoms with E-state index in [1.165, 1.54) is 0 Å². The van der Waals surface area contributed by atoms with Crippen molar-refractivity contribution in [3.8, 4) is 47.4 Å². The summed E-state index contributed by atoms with van der Waals surface area (Å²) >= 11 is 0. The first-order chi connectivity index (χ1) is 28.3. The third-order valence-electron chi connectivity index (χ3n) is 9.97. The van der Waals surface area contributed by atoms with Gasteiger partial charge in [-0.25, -0.2) is 0 Å². The molecule has 278 valence electrons. The fourth-order valence-corrected chi connectivity index (χ4v) is 6.76. The summed E-state index contributed by atoms with van der Waals surface area (Å²) in [4.78, 5) is 0. The largest absolute Gasteiger partial charge is 0.369 e. The lowest BCUT2D eigenvalue weighted by Gasteiger charge is -2.26. The van der Waals surface area contributed by atoms with Gasteiger partial charge in [0.25, 0.3) is 0 Å². The van der Waals surface area contributed by atoms with E-state index in [9.17, 15) is 20.4 Å². The average Bonchev–Trinajstić information content (AvgIpc) is 3.30. The van der Waals surface area contributed by atoms with E-state index in [1.807, 2.05) is 109 Å². The van der Waals surface area contributed by atoms with Crippen molar-refractivity contribution in [1.29, 1.82) is 0 Å². The fourth-order valence-electron chi connectivity index (χ4n) is 6.76. The van der Waals surface area contributed by atoms with Gasteiger partial charge in [-0.15, -0.1) is 0 Å². The van der Waals surface area contributed by atoms with E-state index >= 15 is 0 Å². The zero-order valence-electron chi connectivity index (χ0n) is 31.4. The van der Waals surface area contributed by atoms with Gasteiger partial charge in [-0.2, -0.15) is 0 Å². The van der Waals surface area contributed by atoms with Crippen LogP contribution in [0.15, 0.2) is 206 Å². The minimum absolute atomic E-state index is 0.428. The van der Waals surface area contributed by atoms with Gasteiger partial charge >= 0.3 is 0 Å². The summed E-state index contributed by atoms with van der Waals surface area (Å²) in [5, 5.41) is 48.4. The lowest BCUT2D eigenvalue weighted by molar-refractivity contribution is 0.141. The van der Waals surface area contributed by atoms with Gasteiger partial charge in [-0.05, 0) is 47.4 Å². The van der Waals surface area contributed by atoms with E-state index in [0.29, 0.717) is 44.5 Å². The molecule has 7 aromatic carbocycles. The minimum Gasteiger partial charge on any atom is -0.369 e. The van der Waals surface area contributed by atoms with Crippen LogP contribution < -0.4 is 0 Å². The standard InChI is InChI=1S/C54H38O4/c55-51(43-23-7-1-8-24-43,44-25-9-2-10-26-44)39-19-21-41-53(57,47-31-15-5-16-32-47)49-35-37-50(38-36-49)54(58,48-33-17-6-18-34-48)42-22-20-40-52(56,45-27-11-3-12-28-45)46-29-13-4-14-30-46/h1-18,23-38,55-58H. The highest BCUT2D eigenvalue weighted by Gasteiger charge is 2.34. The van der Waals surface area contributed by atoms with Crippen molar-refractivity contribution >= 4 is 0 Å². The molecule has 2 atom stereocenters. The molecule has 7 rings (SSSR count). The van der Waals surface area contributed by atoms with Crippen molar-refractivity contribution in [2.45, 2.75) is 22.4 Å². The van der Waals surface area contributed by atoms with Crippen LogP contribution in [0.2, 0.25) is 0 Å². The van der Waals surface area contributed by atoms with Crippen LogP contribution in [-0.4, -0.2) is 20.4 Å². The van der Waals surface area contributed by atoms with Crippen LogP contribution in [0, 0.1) is 47.4 Å². The van der Waals surface area contributed by atoms with Gasteiger partial charge in [0.2, 0.25) is 0 Å². The maximum Gasteiger partial charge on any atom is 0.177 e. The molecule has 0 aliphatic heterocycles. The summed E-state index contributed by atoms with van der Waals surface area (Å²) in [6.07, 6.45) is 0. The van der Waals surface area contributed by atoms with Gasteiger partial charge in [-0.1, -0.05) is 206 Å². The summed E-state index contributed by atoms with van der Waals surface area (Å²) in [5.41, 5.74) is -2.67. The normalized spacial score (nSPS) is 12.9. The van der Waals surface area contributed by atoms with Crippen molar-refractivity contribution < 1.29 is 20.4 Å². The molecule has 0 fully saturated rings. The molecule has 4 nitrogen and oxygen atoms in total. The van der Waals surface area contributed by atoms with Gasteiger partial charge < -0.3 is 20.4 Å². The lowest BCUT2D eigenvalue weighted by atomic mass is 9.82. The van der Waals surface area contributed by atoms with E-state index in [1.54, 1.807) is 97.1 Å². The van der Waals surface area contributed by atoms with Crippen molar-refractivity contribution in [2.24, 2.45) is 0 Å². The van der Waals surface area contributed by atoms with Crippen LogP contribution in [0.5, 0.6) is 0 Å². The molecule has 0 amide bonds. The highest BCUT2D eigenvalue weighted by atomic mass is 16.3. The Kier molecular flexibility index (Phi) is 11.5. The Morgan fingerprint density at radius 2 is 0.345 bits per heavy atom. The Bertz CT molecular complexity index is 2440. The van der Waals surface area contributed by atoms with E-state index < -0.39 is 22.4 Å². The van der Waals surface area contributed by atoms with Gasteiger partial charge in [0, 0.05) is 44.5 Å². The summed E-state index contributed by atoms with van der Waals surface area (Å²) in [5.74, 6) is 23.1. The van der Waals surface area contributed by atoms with E-state index in [-0.39, 0.29) is 0 Å². The smallest absolute Gasteiger partial charge is 0.177 e. The van der Waals surface area contributed by atoms with Crippen molar-refractivity contribution in [2.75, 3.05) is 0 Å². The molecule has 0 radical (unpaired) electrons. The Morgan fingerprint density at radius 3 is 0.500 bits per heavy atom. The number of benzene rings is 7. The monoisotopic (exact) mass is 750 g/mol. The van der Waals surface area contributed by atoms with Crippen LogP contribution in [0.4, 0.5) is 0 Å². The molecule has 0 aliphatic rings. The highest BCUT2D eigenvalue weighted by molar-refractivity contribution is 5.54. The Morgan fingerprint density at radius 1 is 0.207 bits per heavy atom. The maximum atomic E-state index is 12.3. The molecule has 4 heteroatoms. The molecular weight excluding hydrogens is 713 g/mol. The average molecular weight is 751 g/mol. The number of hydrogen-bond acceptors (Lipinski definition) is 4. The molecule has 0 saturated heterocycles.